The van der Waals surface area contributed by atoms with E-state index in [4.69, 9.17) is 5.73 Å². The Labute approximate surface area is 204 Å². The van der Waals surface area contributed by atoms with Crippen molar-refractivity contribution in [3.63, 3.8) is 0 Å². The van der Waals surface area contributed by atoms with Crippen molar-refractivity contribution in [2.75, 3.05) is 11.1 Å². The molecule has 0 aliphatic carbocycles. The zero-order chi connectivity index (χ0) is 25.1. The summed E-state index contributed by atoms with van der Waals surface area (Å²) in [5.74, 6) is 5.37. The molecule has 1 amide bonds. The molecule has 5 rings (SSSR count). The first-order valence-corrected chi connectivity index (χ1v) is 10.8. The van der Waals surface area contributed by atoms with Crippen molar-refractivity contribution in [1.29, 1.82) is 0 Å². The number of carbonyl (C=O) groups is 1. The van der Waals surface area contributed by atoms with Crippen LogP contribution in [0.4, 0.5) is 11.6 Å². The molecule has 0 bridgehead atoms. The first-order chi connectivity index (χ1) is 17.4. The van der Waals surface area contributed by atoms with E-state index in [0.717, 1.165) is 5.52 Å². The van der Waals surface area contributed by atoms with E-state index in [-0.39, 0.29) is 17.5 Å². The zero-order valence-electron chi connectivity index (χ0n) is 19.0. The second-order valence-electron chi connectivity index (χ2n) is 7.86. The van der Waals surface area contributed by atoms with Crippen molar-refractivity contribution in [3.8, 4) is 23.2 Å². The smallest absolute Gasteiger partial charge is 0.276 e. The summed E-state index contributed by atoms with van der Waals surface area (Å²) in [4.78, 5) is 33.9. The highest BCUT2D eigenvalue weighted by Gasteiger charge is 2.23. The Morgan fingerprint density at radius 3 is 2.64 bits per heavy atom. The second-order valence-corrected chi connectivity index (χ2v) is 7.86. The molecule has 4 heterocycles. The lowest BCUT2D eigenvalue weighted by Gasteiger charge is -2.13. The van der Waals surface area contributed by atoms with Crippen LogP contribution in [0.2, 0.25) is 0 Å². The number of aromatic amines is 1. The molecule has 0 spiro atoms. The number of nitrogens with one attached hydrogen (secondary N) is 2. The van der Waals surface area contributed by atoms with E-state index in [0.29, 0.717) is 28.2 Å². The molecule has 0 aliphatic heterocycles. The van der Waals surface area contributed by atoms with Crippen LogP contribution >= 0.6 is 0 Å². The van der Waals surface area contributed by atoms with Crippen LogP contribution in [0.5, 0.6) is 0 Å². The van der Waals surface area contributed by atoms with E-state index in [1.165, 1.54) is 25.5 Å². The average Bonchev–Trinajstić information content (AvgIpc) is 3.33. The van der Waals surface area contributed by atoms with Gasteiger partial charge in [-0.1, -0.05) is 24.1 Å². The summed E-state index contributed by atoms with van der Waals surface area (Å²) >= 11 is 0. The molecule has 4 aromatic heterocycles. The molecule has 0 radical (unpaired) electrons. The Hall–Kier alpha value is -5.21. The summed E-state index contributed by atoms with van der Waals surface area (Å²) in [6.45, 7) is 1.49. The highest BCUT2D eigenvalue weighted by atomic mass is 16.3. The quantitative estimate of drug-likeness (QED) is 0.284. The fraction of sp³-hybridized carbons (Fsp3) is 0.0800. The summed E-state index contributed by atoms with van der Waals surface area (Å²) in [6.07, 6.45) is 4.53. The Balaban J connectivity index is 1.52. The van der Waals surface area contributed by atoms with E-state index in [2.05, 4.69) is 52.3 Å². The predicted octanol–water partition coefficient (Wildman–Crippen LogP) is 2.30. The number of benzene rings is 1. The van der Waals surface area contributed by atoms with Gasteiger partial charge in [-0.05, 0) is 43.2 Å². The number of para-hydroxylation sites is 1. The minimum Gasteiger partial charge on any atom is -0.371 e. The largest absolute Gasteiger partial charge is 0.371 e. The standard InChI is InChI=1S/C25H19N9O2/c1-25(36,23-27-12-4-13-28-23)11-9-15-7-8-18(21(30-15)19-10-14-29-24(26)32-19)31-22(35)20-16-5-2-3-6-17(16)33-34-20/h2-8,10,12-14,36H,1H3,(H,31,35)(H,33,34)(H2,26,29,32). The molecular weight excluding hydrogens is 458 g/mol. The van der Waals surface area contributed by atoms with Gasteiger partial charge in [-0.2, -0.15) is 5.10 Å². The van der Waals surface area contributed by atoms with Crippen molar-refractivity contribution in [3.05, 3.63) is 84.3 Å². The molecule has 0 aliphatic rings. The van der Waals surface area contributed by atoms with Crippen LogP contribution in [0, 0.1) is 11.8 Å². The molecule has 1 unspecified atom stereocenters. The number of hydrogen-bond acceptors (Lipinski definition) is 9. The van der Waals surface area contributed by atoms with Crippen LogP contribution in [0.25, 0.3) is 22.3 Å². The number of aliphatic hydroxyl groups is 1. The fourth-order valence-electron chi connectivity index (χ4n) is 3.44. The van der Waals surface area contributed by atoms with Gasteiger partial charge in [-0.3, -0.25) is 9.89 Å². The summed E-state index contributed by atoms with van der Waals surface area (Å²) < 4.78 is 0. The molecule has 36 heavy (non-hydrogen) atoms. The number of nitrogen functional groups attached to an aromatic ring is 1. The van der Waals surface area contributed by atoms with Gasteiger partial charge in [0.1, 0.15) is 11.4 Å². The van der Waals surface area contributed by atoms with Crippen molar-refractivity contribution < 1.29 is 9.90 Å². The van der Waals surface area contributed by atoms with Gasteiger partial charge < -0.3 is 16.2 Å². The maximum atomic E-state index is 13.1. The Morgan fingerprint density at radius 2 is 1.83 bits per heavy atom. The third-order valence-electron chi connectivity index (χ3n) is 5.18. The maximum Gasteiger partial charge on any atom is 0.276 e. The van der Waals surface area contributed by atoms with E-state index in [1.54, 1.807) is 30.3 Å². The second kappa shape index (κ2) is 9.21. The molecule has 0 saturated heterocycles. The molecule has 1 aromatic carbocycles. The van der Waals surface area contributed by atoms with Crippen molar-refractivity contribution in [1.82, 2.24) is 35.1 Å². The van der Waals surface area contributed by atoms with Crippen molar-refractivity contribution >= 4 is 28.4 Å². The number of anilines is 2. The van der Waals surface area contributed by atoms with E-state index < -0.39 is 11.5 Å². The highest BCUT2D eigenvalue weighted by Crippen LogP contribution is 2.26. The van der Waals surface area contributed by atoms with E-state index >= 15 is 0 Å². The number of pyridine rings is 1. The molecular formula is C25H19N9O2. The van der Waals surface area contributed by atoms with Crippen LogP contribution in [0.3, 0.4) is 0 Å². The minimum absolute atomic E-state index is 0.0468. The molecule has 5 N–H and O–H groups in total. The van der Waals surface area contributed by atoms with Gasteiger partial charge in [0.15, 0.2) is 17.1 Å². The summed E-state index contributed by atoms with van der Waals surface area (Å²) in [5, 5.41) is 21.2. The van der Waals surface area contributed by atoms with Crippen LogP contribution in [-0.4, -0.2) is 46.1 Å². The third kappa shape index (κ3) is 4.56. The molecule has 176 valence electrons. The number of fused-ring (bicyclic) bond motifs is 1. The predicted molar refractivity (Wildman–Crippen MR) is 132 cm³/mol. The molecule has 5 aromatic rings. The fourth-order valence-corrected chi connectivity index (χ4v) is 3.44. The highest BCUT2D eigenvalue weighted by molar-refractivity contribution is 6.12. The number of nitrogens with zero attached hydrogens (tertiary/aromatic N) is 6. The van der Waals surface area contributed by atoms with Crippen molar-refractivity contribution in [2.24, 2.45) is 0 Å². The van der Waals surface area contributed by atoms with Gasteiger partial charge in [0.2, 0.25) is 5.95 Å². The lowest BCUT2D eigenvalue weighted by Crippen LogP contribution is -2.21. The molecule has 11 nitrogen and oxygen atoms in total. The average molecular weight is 477 g/mol. The normalized spacial score (nSPS) is 12.4. The number of aromatic nitrogens is 7. The monoisotopic (exact) mass is 477 g/mol. The van der Waals surface area contributed by atoms with Gasteiger partial charge >= 0.3 is 0 Å². The van der Waals surface area contributed by atoms with Gasteiger partial charge in [0.25, 0.3) is 5.91 Å². The lowest BCUT2D eigenvalue weighted by molar-refractivity contribution is 0.102. The molecule has 0 fully saturated rings. The summed E-state index contributed by atoms with van der Waals surface area (Å²) in [7, 11) is 0. The van der Waals surface area contributed by atoms with Crippen LogP contribution in [0.15, 0.2) is 67.1 Å². The van der Waals surface area contributed by atoms with Crippen LogP contribution in [0.1, 0.15) is 28.9 Å². The number of rotatable bonds is 4. The zero-order valence-corrected chi connectivity index (χ0v) is 19.0. The van der Waals surface area contributed by atoms with Gasteiger partial charge in [-0.25, -0.2) is 24.9 Å². The lowest BCUT2D eigenvalue weighted by atomic mass is 10.1. The minimum atomic E-state index is -1.60. The number of hydrogen-bond donors (Lipinski definition) is 4. The maximum absolute atomic E-state index is 13.1. The first kappa shape index (κ1) is 22.6. The van der Waals surface area contributed by atoms with E-state index in [1.807, 2.05) is 18.2 Å². The van der Waals surface area contributed by atoms with Crippen LogP contribution < -0.4 is 11.1 Å². The Kier molecular flexibility index (Phi) is 5.77. The number of nitrogens with two attached hydrogens (primary N) is 1. The number of H-pyrrole nitrogens is 1. The summed E-state index contributed by atoms with van der Waals surface area (Å²) in [5.41, 5.74) is 6.55. The number of carbonyl (C=O) groups excluding carboxylic acids is 1. The van der Waals surface area contributed by atoms with Crippen molar-refractivity contribution in [2.45, 2.75) is 12.5 Å². The SMILES string of the molecule is CC(O)(C#Cc1ccc(NC(=O)c2n[nH]c3ccccc23)c(-c2ccnc(N)n2)n1)c1ncccn1. The Morgan fingerprint density at radius 1 is 1.03 bits per heavy atom. The molecule has 0 saturated carbocycles. The van der Waals surface area contributed by atoms with Gasteiger partial charge in [0.05, 0.1) is 16.9 Å². The first-order valence-electron chi connectivity index (χ1n) is 10.8. The van der Waals surface area contributed by atoms with E-state index in [9.17, 15) is 9.90 Å². The van der Waals surface area contributed by atoms with Crippen LogP contribution in [-0.2, 0) is 5.60 Å². The molecule has 11 heteroatoms. The Bertz CT molecular complexity index is 1640. The van der Waals surface area contributed by atoms with Gasteiger partial charge in [0, 0.05) is 24.0 Å². The topological polar surface area (TPSA) is 168 Å². The number of amides is 1. The van der Waals surface area contributed by atoms with Gasteiger partial charge in [-0.15, -0.1) is 0 Å². The third-order valence-corrected chi connectivity index (χ3v) is 5.18. The summed E-state index contributed by atoms with van der Waals surface area (Å²) in [6, 6.07) is 13.8. The molecule has 1 atom stereocenters.